The van der Waals surface area contributed by atoms with Crippen LogP contribution in [0.5, 0.6) is 11.5 Å². The molecule has 13 nitrogen and oxygen atoms in total. The Hall–Kier alpha value is -3.30. The summed E-state index contributed by atoms with van der Waals surface area (Å²) < 4.78 is 16.5. The van der Waals surface area contributed by atoms with Crippen molar-refractivity contribution in [2.45, 2.75) is 50.7 Å². The number of para-hydroxylation sites is 3. The molecule has 4 rings (SSSR count). The molecular weight excluding hydrogens is 550 g/mol. The van der Waals surface area contributed by atoms with Crippen molar-refractivity contribution in [1.29, 1.82) is 0 Å². The van der Waals surface area contributed by atoms with Gasteiger partial charge in [-0.25, -0.2) is 4.79 Å². The summed E-state index contributed by atoms with van der Waals surface area (Å²) in [4.78, 5) is 28.1. The maximum Gasteiger partial charge on any atom is 0.335 e. The summed E-state index contributed by atoms with van der Waals surface area (Å²) >= 11 is 0. The van der Waals surface area contributed by atoms with Gasteiger partial charge in [-0.1, -0.05) is 30.3 Å². The number of carboxylic acid groups (broad SMARTS) is 1. The zero-order chi connectivity index (χ0) is 30.4. The van der Waals surface area contributed by atoms with Gasteiger partial charge in [0.25, 0.3) is 0 Å². The van der Waals surface area contributed by atoms with Crippen LogP contribution in [-0.2, 0) is 14.3 Å². The number of hydrogen-bond acceptors (Lipinski definition) is 11. The number of rotatable bonds is 11. The van der Waals surface area contributed by atoms with Crippen LogP contribution in [0.2, 0.25) is 0 Å². The molecule has 0 radical (unpaired) electrons. The third kappa shape index (κ3) is 7.95. The van der Waals surface area contributed by atoms with Crippen LogP contribution in [0.25, 0.3) is 0 Å². The van der Waals surface area contributed by atoms with Crippen LogP contribution in [0, 0.1) is 13.8 Å². The number of nitrogens with one attached hydrogen (secondary N) is 1. The number of anilines is 1. The summed E-state index contributed by atoms with van der Waals surface area (Å²) in [5, 5.41) is 53.1. The Morgan fingerprint density at radius 1 is 0.929 bits per heavy atom. The number of nitrogens with zero attached hydrogens (tertiary/aromatic N) is 2. The lowest BCUT2D eigenvalue weighted by atomic mass is 9.99. The number of ether oxygens (including phenoxy) is 3. The highest BCUT2D eigenvalue weighted by Gasteiger charge is 2.48. The van der Waals surface area contributed by atoms with Gasteiger partial charge in [0.15, 0.2) is 17.6 Å². The molecule has 2 heterocycles. The van der Waals surface area contributed by atoms with Crippen LogP contribution >= 0.6 is 0 Å². The van der Waals surface area contributed by atoms with Gasteiger partial charge in [0, 0.05) is 38.4 Å². The minimum absolute atomic E-state index is 0.0644. The molecule has 0 unspecified atom stereocenters. The van der Waals surface area contributed by atoms with Gasteiger partial charge >= 0.3 is 5.97 Å². The second kappa shape index (κ2) is 14.2. The van der Waals surface area contributed by atoms with E-state index in [0.717, 1.165) is 16.8 Å². The fourth-order valence-corrected chi connectivity index (χ4v) is 5.00. The fourth-order valence-electron chi connectivity index (χ4n) is 5.00. The van der Waals surface area contributed by atoms with Crippen molar-refractivity contribution in [2.75, 3.05) is 51.2 Å². The van der Waals surface area contributed by atoms with Crippen molar-refractivity contribution in [3.63, 3.8) is 0 Å². The maximum absolute atomic E-state index is 12.6. The zero-order valence-electron chi connectivity index (χ0n) is 23.6. The van der Waals surface area contributed by atoms with Crippen molar-refractivity contribution >= 4 is 17.6 Å². The average molecular weight is 590 g/mol. The molecule has 2 aliphatic heterocycles. The third-order valence-corrected chi connectivity index (χ3v) is 7.38. The number of aliphatic hydroxyl groups is 4. The summed E-state index contributed by atoms with van der Waals surface area (Å²) in [7, 11) is 0. The number of aliphatic hydroxyl groups excluding tert-OH is 4. The predicted octanol–water partition coefficient (Wildman–Crippen LogP) is -0.430. The summed E-state index contributed by atoms with van der Waals surface area (Å²) in [5.74, 6) is -1.28. The number of hydrogen-bond donors (Lipinski definition) is 6. The molecule has 0 spiro atoms. The van der Waals surface area contributed by atoms with Crippen molar-refractivity contribution in [3.05, 3.63) is 53.6 Å². The molecule has 2 saturated heterocycles. The third-order valence-electron chi connectivity index (χ3n) is 7.38. The number of amides is 1. The smallest absolute Gasteiger partial charge is 0.335 e. The summed E-state index contributed by atoms with van der Waals surface area (Å²) in [6, 6.07) is 12.2. The first-order valence-corrected chi connectivity index (χ1v) is 13.8. The van der Waals surface area contributed by atoms with E-state index in [1.807, 2.05) is 32.0 Å². The maximum atomic E-state index is 12.6. The number of aliphatic carboxylic acids is 1. The number of carbonyl (C=O) groups is 2. The molecule has 6 atom stereocenters. The van der Waals surface area contributed by atoms with E-state index in [4.69, 9.17) is 14.2 Å². The Morgan fingerprint density at radius 2 is 1.55 bits per heavy atom. The van der Waals surface area contributed by atoms with E-state index < -0.39 is 42.8 Å². The second-order valence-corrected chi connectivity index (χ2v) is 10.7. The van der Waals surface area contributed by atoms with Crippen LogP contribution in [0.15, 0.2) is 42.5 Å². The standard InChI is InChI=1S/C29H39N3O10/c1-17-6-5-7-18(2)23(17)30-22(34)15-32-12-10-31(11-13-32)14-19(33)16-40-20-8-3-4-9-21(20)41-29-26(37)24(35)25(36)27(42-29)28(38)39/h3-9,19,24-27,29,33,35-37H,10-16H2,1-2H3,(H,30,34)(H,38,39)/t19-,24+,25+,26-,27+,29-/m0/s1. The molecule has 230 valence electrons. The molecule has 42 heavy (non-hydrogen) atoms. The quantitative estimate of drug-likeness (QED) is 0.199. The topological polar surface area (TPSA) is 181 Å². The number of benzene rings is 2. The van der Waals surface area contributed by atoms with E-state index in [-0.39, 0.29) is 30.6 Å². The Kier molecular flexibility index (Phi) is 10.7. The molecular formula is C29H39N3O10. The predicted molar refractivity (Wildman–Crippen MR) is 150 cm³/mol. The van der Waals surface area contributed by atoms with Gasteiger partial charge in [0.1, 0.15) is 31.0 Å². The second-order valence-electron chi connectivity index (χ2n) is 10.7. The molecule has 1 amide bonds. The molecule has 2 aromatic rings. The number of β-amino-alcohol motifs (C(OH)–C–C–N with tert-alkyl or cyclic N) is 1. The van der Waals surface area contributed by atoms with E-state index in [9.17, 15) is 35.1 Å². The van der Waals surface area contributed by atoms with Gasteiger partial charge in [-0.15, -0.1) is 0 Å². The lowest BCUT2D eigenvalue weighted by Gasteiger charge is -2.38. The van der Waals surface area contributed by atoms with Crippen LogP contribution in [0.4, 0.5) is 5.69 Å². The van der Waals surface area contributed by atoms with Crippen molar-refractivity contribution < 1.29 is 49.3 Å². The molecule has 2 fully saturated rings. The molecule has 0 aromatic heterocycles. The molecule has 13 heteroatoms. The van der Waals surface area contributed by atoms with E-state index >= 15 is 0 Å². The van der Waals surface area contributed by atoms with Crippen LogP contribution in [0.1, 0.15) is 11.1 Å². The first-order valence-electron chi connectivity index (χ1n) is 13.8. The van der Waals surface area contributed by atoms with Gasteiger partial charge in [-0.2, -0.15) is 0 Å². The van der Waals surface area contributed by atoms with Gasteiger partial charge in [0.2, 0.25) is 12.2 Å². The SMILES string of the molecule is Cc1cccc(C)c1NC(=O)CN1CCN(C[C@H](O)COc2ccccc2O[C@H]2O[C@@H](C(=O)O)[C@H](O)[C@@H](O)[C@@H]2O)CC1. The lowest BCUT2D eigenvalue weighted by molar-refractivity contribution is -0.271. The summed E-state index contributed by atoms with van der Waals surface area (Å²) in [6.07, 6.45) is -9.58. The van der Waals surface area contributed by atoms with Gasteiger partial charge in [-0.05, 0) is 37.1 Å². The normalized spacial score (nSPS) is 25.9. The van der Waals surface area contributed by atoms with Gasteiger partial charge < -0.3 is 45.1 Å². The van der Waals surface area contributed by atoms with E-state index in [0.29, 0.717) is 32.7 Å². The van der Waals surface area contributed by atoms with Crippen molar-refractivity contribution in [3.8, 4) is 11.5 Å². The molecule has 6 N–H and O–H groups in total. The Labute approximate surface area is 243 Å². The molecule has 2 aromatic carbocycles. The Bertz CT molecular complexity index is 1200. The van der Waals surface area contributed by atoms with E-state index in [2.05, 4.69) is 15.1 Å². The monoisotopic (exact) mass is 589 g/mol. The van der Waals surface area contributed by atoms with E-state index in [1.54, 1.807) is 18.2 Å². The minimum atomic E-state index is -1.83. The summed E-state index contributed by atoms with van der Waals surface area (Å²) in [5.41, 5.74) is 2.88. The highest BCUT2D eigenvalue weighted by atomic mass is 16.7. The minimum Gasteiger partial charge on any atom is -0.487 e. The zero-order valence-corrected chi connectivity index (χ0v) is 23.6. The van der Waals surface area contributed by atoms with Crippen LogP contribution in [0.3, 0.4) is 0 Å². The highest BCUT2D eigenvalue weighted by Crippen LogP contribution is 2.31. The molecule has 0 aliphatic carbocycles. The Balaban J connectivity index is 1.23. The van der Waals surface area contributed by atoms with Crippen LogP contribution < -0.4 is 14.8 Å². The van der Waals surface area contributed by atoms with Gasteiger partial charge in [0.05, 0.1) is 6.54 Å². The molecule has 0 bridgehead atoms. The molecule has 0 saturated carbocycles. The largest absolute Gasteiger partial charge is 0.487 e. The fraction of sp³-hybridized carbons (Fsp3) is 0.517. The molecule has 2 aliphatic rings. The highest BCUT2D eigenvalue weighted by molar-refractivity contribution is 5.93. The average Bonchev–Trinajstić information content (AvgIpc) is 2.95. The Morgan fingerprint density at radius 3 is 2.19 bits per heavy atom. The van der Waals surface area contributed by atoms with E-state index in [1.165, 1.54) is 6.07 Å². The summed E-state index contributed by atoms with van der Waals surface area (Å²) in [6.45, 7) is 7.17. The van der Waals surface area contributed by atoms with Crippen molar-refractivity contribution in [1.82, 2.24) is 9.80 Å². The lowest BCUT2D eigenvalue weighted by Crippen LogP contribution is -2.61. The number of carboxylic acids is 1. The number of carbonyl (C=O) groups excluding carboxylic acids is 1. The van der Waals surface area contributed by atoms with Gasteiger partial charge in [-0.3, -0.25) is 14.6 Å². The first-order chi connectivity index (χ1) is 20.0. The van der Waals surface area contributed by atoms with Crippen molar-refractivity contribution in [2.24, 2.45) is 0 Å². The number of aryl methyl sites for hydroxylation is 2. The number of piperazine rings is 1. The first kappa shape index (κ1) is 31.6. The van der Waals surface area contributed by atoms with Crippen LogP contribution in [-0.4, -0.2) is 130 Å².